The summed E-state index contributed by atoms with van der Waals surface area (Å²) < 4.78 is 35.9. The second-order valence-electron chi connectivity index (χ2n) is 11.4. The fraction of sp³-hybridized carbons (Fsp3) is 0.452. The molecule has 0 bridgehead atoms. The number of fused-ring (bicyclic) bond motifs is 2. The number of anilines is 2. The number of thiophene rings is 1. The summed E-state index contributed by atoms with van der Waals surface area (Å²) in [5.74, 6) is -0.606. The maximum absolute atomic E-state index is 14.0. The fourth-order valence-electron chi connectivity index (χ4n) is 6.50. The molecular weight excluding hydrogens is 594 g/mol. The van der Waals surface area contributed by atoms with Crippen molar-refractivity contribution in [2.45, 2.75) is 44.1 Å². The Labute approximate surface area is 258 Å². The number of piperazine rings is 1. The number of aromatic nitrogens is 1. The molecule has 5 heterocycles. The second kappa shape index (κ2) is 12.3. The summed E-state index contributed by atoms with van der Waals surface area (Å²) in [7, 11) is 1.90. The summed E-state index contributed by atoms with van der Waals surface area (Å²) in [6, 6.07) is 11.8. The average Bonchev–Trinajstić information content (AvgIpc) is 3.54. The van der Waals surface area contributed by atoms with Crippen LogP contribution in [0.2, 0.25) is 4.34 Å². The third-order valence-electron chi connectivity index (χ3n) is 8.68. The number of likely N-dealkylation sites (N-methyl/N-ethyl adjacent to an activating group) is 1. The molecule has 0 spiro atoms. The van der Waals surface area contributed by atoms with Crippen LogP contribution in [-0.2, 0) is 17.8 Å². The van der Waals surface area contributed by atoms with Gasteiger partial charge in [-0.2, -0.15) is 10.2 Å². The minimum absolute atomic E-state index is 0.0444. The number of pyridine rings is 1. The van der Waals surface area contributed by atoms with Gasteiger partial charge in [-0.1, -0.05) is 24.2 Å². The summed E-state index contributed by atoms with van der Waals surface area (Å²) in [5, 5.41) is 10.6. The summed E-state index contributed by atoms with van der Waals surface area (Å²) in [6.07, 6.45) is 0.336. The normalized spacial score (nSPS) is 22.5. The van der Waals surface area contributed by atoms with E-state index in [-0.39, 0.29) is 19.0 Å². The van der Waals surface area contributed by atoms with Crippen molar-refractivity contribution in [2.75, 3.05) is 56.2 Å². The van der Waals surface area contributed by atoms with Gasteiger partial charge in [-0.05, 0) is 43.7 Å². The number of nitrogens with zero attached hydrogens (tertiary/aromatic N) is 6. The molecular formula is C31H33ClF2N6O2S. The Morgan fingerprint density at radius 2 is 2.07 bits per heavy atom. The van der Waals surface area contributed by atoms with Gasteiger partial charge in [-0.3, -0.25) is 9.69 Å². The van der Waals surface area contributed by atoms with Crippen molar-refractivity contribution in [3.05, 3.63) is 58.2 Å². The molecule has 2 saturated heterocycles. The van der Waals surface area contributed by atoms with Gasteiger partial charge in [0.25, 0.3) is 5.91 Å². The predicted molar refractivity (Wildman–Crippen MR) is 165 cm³/mol. The van der Waals surface area contributed by atoms with Crippen molar-refractivity contribution >= 4 is 50.4 Å². The summed E-state index contributed by atoms with van der Waals surface area (Å²) in [5.41, 5.74) is 3.27. The van der Waals surface area contributed by atoms with E-state index in [0.29, 0.717) is 45.1 Å². The maximum atomic E-state index is 14.0. The molecule has 1 aromatic carbocycles. The van der Waals surface area contributed by atoms with E-state index >= 15 is 0 Å². The number of amides is 1. The Hall–Kier alpha value is -3.46. The van der Waals surface area contributed by atoms with Crippen LogP contribution in [0.25, 0.3) is 10.1 Å². The third kappa shape index (κ3) is 6.01. The summed E-state index contributed by atoms with van der Waals surface area (Å²) in [6.45, 7) is 6.27. The van der Waals surface area contributed by atoms with Gasteiger partial charge < -0.3 is 19.4 Å². The molecule has 0 saturated carbocycles. The highest BCUT2D eigenvalue weighted by Crippen LogP contribution is 2.39. The van der Waals surface area contributed by atoms with Crippen LogP contribution in [0.4, 0.5) is 20.3 Å². The van der Waals surface area contributed by atoms with E-state index in [0.717, 1.165) is 50.0 Å². The number of likely N-dealkylation sites (tertiary alicyclic amines) is 1. The molecule has 0 N–H and O–H groups in total. The number of hydrogen-bond acceptors (Lipinski definition) is 8. The molecule has 3 aliphatic rings. The second-order valence-corrected chi connectivity index (χ2v) is 13.2. The van der Waals surface area contributed by atoms with Gasteiger partial charge in [0.1, 0.15) is 18.6 Å². The van der Waals surface area contributed by atoms with Crippen LogP contribution in [-0.4, -0.2) is 85.3 Å². The van der Waals surface area contributed by atoms with E-state index in [9.17, 15) is 18.8 Å². The first-order valence-corrected chi connectivity index (χ1v) is 15.6. The maximum Gasteiger partial charge on any atom is 0.282 e. The Bertz CT molecular complexity index is 1590. The SMILES string of the molecule is C=C(F)C(=O)N1CCN(c2nc(OC[C@@H]3C[C@@H](F)CN3C)cc3c2CCN(c2cccc4sc(Cl)cc24)C3)C[C@@H]1CC#N. The molecule has 8 nitrogen and oxygen atoms in total. The first-order valence-electron chi connectivity index (χ1n) is 14.4. The molecule has 6 rings (SSSR count). The van der Waals surface area contributed by atoms with Crippen molar-refractivity contribution in [3.8, 4) is 11.9 Å². The van der Waals surface area contributed by atoms with Crippen molar-refractivity contribution in [1.82, 2.24) is 14.8 Å². The van der Waals surface area contributed by atoms with Gasteiger partial charge in [-0.25, -0.2) is 8.78 Å². The van der Waals surface area contributed by atoms with E-state index in [1.54, 1.807) is 11.3 Å². The molecule has 43 heavy (non-hydrogen) atoms. The van der Waals surface area contributed by atoms with E-state index in [2.05, 4.69) is 34.6 Å². The van der Waals surface area contributed by atoms with Crippen molar-refractivity contribution in [1.29, 1.82) is 5.26 Å². The average molecular weight is 627 g/mol. The highest BCUT2D eigenvalue weighted by molar-refractivity contribution is 7.22. The highest BCUT2D eigenvalue weighted by Gasteiger charge is 2.35. The lowest BCUT2D eigenvalue weighted by Crippen LogP contribution is -2.55. The van der Waals surface area contributed by atoms with Gasteiger partial charge in [-0.15, -0.1) is 11.3 Å². The molecule has 1 amide bonds. The number of halogens is 3. The Balaban J connectivity index is 1.32. The number of rotatable bonds is 7. The summed E-state index contributed by atoms with van der Waals surface area (Å²) in [4.78, 5) is 25.2. The molecule has 3 atom stereocenters. The molecule has 3 aromatic rings. The number of ether oxygens (including phenoxy) is 1. The molecule has 2 fully saturated rings. The monoisotopic (exact) mass is 626 g/mol. The van der Waals surface area contributed by atoms with Gasteiger partial charge >= 0.3 is 0 Å². The number of nitriles is 1. The van der Waals surface area contributed by atoms with Crippen molar-refractivity contribution in [2.24, 2.45) is 0 Å². The van der Waals surface area contributed by atoms with Gasteiger partial charge in [0.2, 0.25) is 5.88 Å². The largest absolute Gasteiger partial charge is 0.476 e. The van der Waals surface area contributed by atoms with Crippen LogP contribution in [0.3, 0.4) is 0 Å². The topological polar surface area (TPSA) is 75.9 Å². The van der Waals surface area contributed by atoms with Crippen molar-refractivity contribution < 1.29 is 18.3 Å². The van der Waals surface area contributed by atoms with Crippen LogP contribution in [0.1, 0.15) is 24.0 Å². The van der Waals surface area contributed by atoms with Gasteiger partial charge in [0, 0.05) is 72.7 Å². The number of benzene rings is 1. The zero-order valence-corrected chi connectivity index (χ0v) is 25.5. The quantitative estimate of drug-likeness (QED) is 0.328. The Morgan fingerprint density at radius 3 is 2.81 bits per heavy atom. The number of hydrogen-bond donors (Lipinski definition) is 0. The van der Waals surface area contributed by atoms with E-state index in [1.807, 2.05) is 30.1 Å². The van der Waals surface area contributed by atoms with E-state index in [4.69, 9.17) is 21.3 Å². The smallest absolute Gasteiger partial charge is 0.282 e. The van der Waals surface area contributed by atoms with Crippen molar-refractivity contribution in [3.63, 3.8) is 0 Å². The minimum atomic E-state index is -1.03. The molecule has 12 heteroatoms. The van der Waals surface area contributed by atoms with Crippen LogP contribution in [0.5, 0.6) is 5.88 Å². The van der Waals surface area contributed by atoms with Crippen LogP contribution < -0.4 is 14.5 Å². The zero-order chi connectivity index (χ0) is 30.2. The lowest BCUT2D eigenvalue weighted by molar-refractivity contribution is -0.131. The lowest BCUT2D eigenvalue weighted by atomic mass is 9.98. The zero-order valence-electron chi connectivity index (χ0n) is 23.9. The predicted octanol–water partition coefficient (Wildman–Crippen LogP) is 5.35. The standard InChI is InChI=1S/C31H33ClF2N6O2S/c1-19(33)31(41)40-11-10-39(17-22(40)6-8-35)30-24-7-9-38(26-4-3-5-27-25(26)14-28(32)43-27)15-20(24)12-29(36-30)42-18-23-13-21(34)16-37(23)2/h3-5,12,14,21-23H,1,6-7,9-11,13,15-18H2,2H3/t21-,22+,23+/m1/s1. The van der Waals surface area contributed by atoms with E-state index in [1.165, 1.54) is 4.90 Å². The highest BCUT2D eigenvalue weighted by atomic mass is 35.5. The molecule has 3 aliphatic heterocycles. The van der Waals surface area contributed by atoms with Crippen LogP contribution in [0, 0.1) is 11.3 Å². The Kier molecular flexibility index (Phi) is 8.45. The Morgan fingerprint density at radius 1 is 1.23 bits per heavy atom. The molecule has 0 radical (unpaired) electrons. The molecule has 0 aliphatic carbocycles. The molecule has 226 valence electrons. The lowest BCUT2D eigenvalue weighted by Gasteiger charge is -2.42. The van der Waals surface area contributed by atoms with Crippen LogP contribution in [0.15, 0.2) is 42.7 Å². The minimum Gasteiger partial charge on any atom is -0.476 e. The summed E-state index contributed by atoms with van der Waals surface area (Å²) >= 11 is 7.92. The van der Waals surface area contributed by atoms with Gasteiger partial charge in [0.05, 0.1) is 22.9 Å². The first kappa shape index (κ1) is 29.6. The van der Waals surface area contributed by atoms with E-state index < -0.39 is 23.9 Å². The number of carbonyl (C=O) groups is 1. The van der Waals surface area contributed by atoms with Gasteiger partial charge in [0.15, 0.2) is 5.83 Å². The molecule has 2 aromatic heterocycles. The number of alkyl halides is 1. The third-order valence-corrected chi connectivity index (χ3v) is 9.91. The van der Waals surface area contributed by atoms with Crippen LogP contribution >= 0.6 is 22.9 Å². The fourth-order valence-corrected chi connectivity index (χ4v) is 7.66. The first-order chi connectivity index (χ1) is 20.7. The number of carbonyl (C=O) groups excluding carboxylic acids is 1. The molecule has 0 unspecified atom stereocenters.